The van der Waals surface area contributed by atoms with E-state index in [1.165, 1.54) is 6.07 Å². The lowest BCUT2D eigenvalue weighted by Crippen LogP contribution is -2.21. The second kappa shape index (κ2) is 4.15. The van der Waals surface area contributed by atoms with Crippen LogP contribution in [-0.2, 0) is 0 Å². The molecule has 0 unspecified atom stereocenters. The van der Waals surface area contributed by atoms with Crippen molar-refractivity contribution < 1.29 is 9.13 Å². The van der Waals surface area contributed by atoms with Crippen LogP contribution in [0.1, 0.15) is 23.6 Å². The van der Waals surface area contributed by atoms with E-state index in [9.17, 15) is 4.39 Å². The Bertz CT molecular complexity index is 343. The molecule has 0 radical (unpaired) electrons. The third-order valence-corrected chi connectivity index (χ3v) is 2.29. The zero-order chi connectivity index (χ0) is 9.42. The van der Waals surface area contributed by atoms with Crippen LogP contribution in [0.5, 0.6) is 5.75 Å². The van der Waals surface area contributed by atoms with Gasteiger partial charge in [0, 0.05) is 18.0 Å². The van der Waals surface area contributed by atoms with Crippen LogP contribution >= 0.6 is 12.4 Å². The maximum atomic E-state index is 13.3. The van der Waals surface area contributed by atoms with Crippen LogP contribution < -0.4 is 10.5 Å². The molecule has 78 valence electrons. The second-order valence-corrected chi connectivity index (χ2v) is 3.41. The van der Waals surface area contributed by atoms with E-state index in [4.69, 9.17) is 10.5 Å². The highest BCUT2D eigenvalue weighted by atomic mass is 35.5. The first-order valence-electron chi connectivity index (χ1n) is 4.37. The van der Waals surface area contributed by atoms with Gasteiger partial charge in [-0.1, -0.05) is 6.07 Å². The summed E-state index contributed by atoms with van der Waals surface area (Å²) in [6.45, 7) is 2.36. The van der Waals surface area contributed by atoms with Crippen LogP contribution in [0.2, 0.25) is 0 Å². The van der Waals surface area contributed by atoms with Crippen molar-refractivity contribution in [2.45, 2.75) is 19.4 Å². The predicted octanol–water partition coefficient (Wildman–Crippen LogP) is 2.34. The number of benzene rings is 1. The van der Waals surface area contributed by atoms with Gasteiger partial charge in [0.2, 0.25) is 0 Å². The molecule has 0 saturated heterocycles. The molecule has 0 bridgehead atoms. The topological polar surface area (TPSA) is 35.2 Å². The third-order valence-electron chi connectivity index (χ3n) is 2.29. The monoisotopic (exact) mass is 217 g/mol. The van der Waals surface area contributed by atoms with Gasteiger partial charge in [-0.3, -0.25) is 0 Å². The zero-order valence-corrected chi connectivity index (χ0v) is 8.73. The first-order valence-corrected chi connectivity index (χ1v) is 4.37. The van der Waals surface area contributed by atoms with E-state index < -0.39 is 0 Å². The van der Waals surface area contributed by atoms with Gasteiger partial charge in [0.25, 0.3) is 0 Å². The minimum Gasteiger partial charge on any atom is -0.490 e. The molecule has 0 aliphatic carbocycles. The Morgan fingerprint density at radius 1 is 1.50 bits per heavy atom. The number of ether oxygens (including phenoxy) is 1. The van der Waals surface area contributed by atoms with Gasteiger partial charge in [-0.2, -0.15) is 0 Å². The average molecular weight is 218 g/mol. The fourth-order valence-corrected chi connectivity index (χ4v) is 1.63. The standard InChI is InChI=1S/C10H12FNO.ClH/c1-6-4-7-9(12)2-3-13-10(7)8(11)5-6;/h4-5,9H,2-3,12H2,1H3;1H/t9-;/m0./s1. The van der Waals surface area contributed by atoms with Crippen LogP contribution in [-0.4, -0.2) is 6.61 Å². The maximum absolute atomic E-state index is 13.3. The van der Waals surface area contributed by atoms with Crippen molar-refractivity contribution in [3.8, 4) is 5.75 Å². The molecule has 1 aromatic carbocycles. The summed E-state index contributed by atoms with van der Waals surface area (Å²) < 4.78 is 18.5. The van der Waals surface area contributed by atoms with Gasteiger partial charge in [0.05, 0.1) is 6.61 Å². The summed E-state index contributed by atoms with van der Waals surface area (Å²) in [5.74, 6) is 0.0366. The van der Waals surface area contributed by atoms with E-state index in [0.717, 1.165) is 17.5 Å². The van der Waals surface area contributed by atoms with E-state index in [1.54, 1.807) is 0 Å². The molecule has 1 aromatic rings. The molecule has 0 aromatic heterocycles. The van der Waals surface area contributed by atoms with Gasteiger partial charge < -0.3 is 10.5 Å². The fourth-order valence-electron chi connectivity index (χ4n) is 1.63. The van der Waals surface area contributed by atoms with Gasteiger partial charge in [0.1, 0.15) is 0 Å². The highest BCUT2D eigenvalue weighted by Crippen LogP contribution is 2.33. The predicted molar refractivity (Wildman–Crippen MR) is 55.4 cm³/mol. The minimum absolute atomic E-state index is 0. The van der Waals surface area contributed by atoms with Crippen molar-refractivity contribution in [1.82, 2.24) is 0 Å². The molecule has 0 spiro atoms. The number of hydrogen-bond acceptors (Lipinski definition) is 2. The number of fused-ring (bicyclic) bond motifs is 1. The lowest BCUT2D eigenvalue weighted by molar-refractivity contribution is 0.255. The molecule has 1 aliphatic heterocycles. The van der Waals surface area contributed by atoms with Crippen LogP contribution in [0.25, 0.3) is 0 Å². The van der Waals surface area contributed by atoms with Crippen LogP contribution in [0.3, 0.4) is 0 Å². The molecule has 1 atom stereocenters. The molecule has 1 heterocycles. The molecule has 4 heteroatoms. The van der Waals surface area contributed by atoms with E-state index in [2.05, 4.69) is 0 Å². The summed E-state index contributed by atoms with van der Waals surface area (Å²) in [7, 11) is 0. The Hall–Kier alpha value is -0.800. The SMILES string of the molecule is Cc1cc(F)c2c(c1)[C@@H](N)CCO2.Cl. The lowest BCUT2D eigenvalue weighted by atomic mass is 9.99. The fraction of sp³-hybridized carbons (Fsp3) is 0.400. The van der Waals surface area contributed by atoms with Gasteiger partial charge in [-0.25, -0.2) is 4.39 Å². The molecule has 0 amide bonds. The molecule has 14 heavy (non-hydrogen) atoms. The number of hydrogen-bond donors (Lipinski definition) is 1. The summed E-state index contributed by atoms with van der Waals surface area (Å²) in [6.07, 6.45) is 0.760. The molecular weight excluding hydrogens is 205 g/mol. The quantitative estimate of drug-likeness (QED) is 0.724. The van der Waals surface area contributed by atoms with Crippen LogP contribution in [0.4, 0.5) is 4.39 Å². The van der Waals surface area contributed by atoms with Crippen molar-refractivity contribution in [1.29, 1.82) is 0 Å². The van der Waals surface area contributed by atoms with Gasteiger partial charge >= 0.3 is 0 Å². The van der Waals surface area contributed by atoms with Crippen molar-refractivity contribution >= 4 is 12.4 Å². The number of nitrogens with two attached hydrogens (primary N) is 1. The molecule has 1 aliphatic rings. The first kappa shape index (κ1) is 11.3. The summed E-state index contributed by atoms with van der Waals surface area (Å²) in [5, 5.41) is 0. The van der Waals surface area contributed by atoms with Gasteiger partial charge in [-0.15, -0.1) is 12.4 Å². The van der Waals surface area contributed by atoms with Crippen LogP contribution in [0.15, 0.2) is 12.1 Å². The smallest absolute Gasteiger partial charge is 0.165 e. The van der Waals surface area contributed by atoms with Crippen molar-refractivity contribution in [2.24, 2.45) is 5.73 Å². The second-order valence-electron chi connectivity index (χ2n) is 3.41. The van der Waals surface area contributed by atoms with Crippen LogP contribution in [0, 0.1) is 12.7 Å². The van der Waals surface area contributed by atoms with E-state index in [-0.39, 0.29) is 24.3 Å². The van der Waals surface area contributed by atoms with E-state index in [0.29, 0.717) is 12.4 Å². The summed E-state index contributed by atoms with van der Waals surface area (Å²) in [5.41, 5.74) is 7.52. The Balaban J connectivity index is 0.000000980. The third kappa shape index (κ3) is 1.83. The molecule has 0 saturated carbocycles. The molecule has 2 N–H and O–H groups in total. The Morgan fingerprint density at radius 3 is 2.93 bits per heavy atom. The largest absolute Gasteiger partial charge is 0.490 e. The lowest BCUT2D eigenvalue weighted by Gasteiger charge is -2.23. The zero-order valence-electron chi connectivity index (χ0n) is 7.92. The average Bonchev–Trinajstić information content (AvgIpc) is 2.07. The number of halogens is 2. The first-order chi connectivity index (χ1) is 6.18. The summed E-state index contributed by atoms with van der Waals surface area (Å²) >= 11 is 0. The van der Waals surface area contributed by atoms with Crippen molar-refractivity contribution in [3.05, 3.63) is 29.1 Å². The Kier molecular flexibility index (Phi) is 3.34. The minimum atomic E-state index is -0.301. The van der Waals surface area contributed by atoms with Crippen molar-refractivity contribution in [3.63, 3.8) is 0 Å². The van der Waals surface area contributed by atoms with E-state index >= 15 is 0 Å². The van der Waals surface area contributed by atoms with Gasteiger partial charge in [0.15, 0.2) is 11.6 Å². The molecule has 2 rings (SSSR count). The summed E-state index contributed by atoms with van der Waals surface area (Å²) in [6, 6.07) is 3.28. The molecule has 0 fully saturated rings. The highest BCUT2D eigenvalue weighted by molar-refractivity contribution is 5.85. The van der Waals surface area contributed by atoms with Crippen molar-refractivity contribution in [2.75, 3.05) is 6.61 Å². The Morgan fingerprint density at radius 2 is 2.21 bits per heavy atom. The highest BCUT2D eigenvalue weighted by Gasteiger charge is 2.21. The molecular formula is C10H13ClFNO. The van der Waals surface area contributed by atoms with Gasteiger partial charge in [-0.05, 0) is 18.6 Å². The normalized spacial score (nSPS) is 19.2. The Labute approximate surface area is 88.7 Å². The number of rotatable bonds is 0. The number of aryl methyl sites for hydroxylation is 1. The maximum Gasteiger partial charge on any atom is 0.165 e. The summed E-state index contributed by atoms with van der Waals surface area (Å²) in [4.78, 5) is 0. The van der Waals surface area contributed by atoms with E-state index in [1.807, 2.05) is 13.0 Å². The molecule has 2 nitrogen and oxygen atoms in total.